The number of aliphatic imine (C=N–C) groups is 1. The fraction of sp³-hybridized carbons (Fsp3) is 0.667. The number of carbonyl (C=O) groups is 1. The average Bonchev–Trinajstić information content (AvgIpc) is 2.71. The van der Waals surface area contributed by atoms with Crippen LogP contribution in [0.2, 0.25) is 0 Å². The number of nitrogens with zero attached hydrogens (tertiary/aromatic N) is 2. The van der Waals surface area contributed by atoms with Crippen LogP contribution in [-0.2, 0) is 17.9 Å². The third-order valence-corrected chi connectivity index (χ3v) is 5.63. The number of nitrogens with one attached hydrogen (secondary N) is 2. The summed E-state index contributed by atoms with van der Waals surface area (Å²) in [4.78, 5) is 18.7. The lowest BCUT2D eigenvalue weighted by Crippen LogP contribution is -2.42. The number of amides is 1. The number of rotatable bonds is 10. The van der Waals surface area contributed by atoms with Gasteiger partial charge in [-0.2, -0.15) is 0 Å². The number of halogens is 1. The fourth-order valence-corrected chi connectivity index (χ4v) is 3.90. The SMILES string of the molecule is CCNC(=NCc1cccc(CN2CCCC(C(N)=O)C2)c1)NC(C)CCC(C)C.I. The van der Waals surface area contributed by atoms with E-state index in [4.69, 9.17) is 10.7 Å². The largest absolute Gasteiger partial charge is 0.369 e. The van der Waals surface area contributed by atoms with Gasteiger partial charge in [-0.3, -0.25) is 9.69 Å². The molecule has 0 spiro atoms. The predicted molar refractivity (Wildman–Crippen MR) is 141 cm³/mol. The Labute approximate surface area is 205 Å². The highest BCUT2D eigenvalue weighted by Crippen LogP contribution is 2.19. The quantitative estimate of drug-likeness (QED) is 0.238. The lowest BCUT2D eigenvalue weighted by Gasteiger charge is -2.31. The Morgan fingerprint density at radius 1 is 1.26 bits per heavy atom. The maximum atomic E-state index is 11.5. The molecule has 0 bridgehead atoms. The summed E-state index contributed by atoms with van der Waals surface area (Å²) in [7, 11) is 0. The minimum atomic E-state index is -0.172. The molecule has 1 fully saturated rings. The van der Waals surface area contributed by atoms with E-state index in [1.165, 1.54) is 17.5 Å². The molecule has 4 N–H and O–H groups in total. The standard InChI is InChI=1S/C24H41N5O.HI/c1-5-26-24(28-19(4)12-11-18(2)3)27-15-20-8-6-9-21(14-20)16-29-13-7-10-22(17-29)23(25)30;/h6,8-9,14,18-19,22H,5,7,10-13,15-17H2,1-4H3,(H2,25,30)(H2,26,27,28);1H. The summed E-state index contributed by atoms with van der Waals surface area (Å²) in [5, 5.41) is 6.88. The number of nitrogens with two attached hydrogens (primary N) is 1. The number of benzene rings is 1. The van der Waals surface area contributed by atoms with Gasteiger partial charge in [0.25, 0.3) is 0 Å². The minimum Gasteiger partial charge on any atom is -0.369 e. The summed E-state index contributed by atoms with van der Waals surface area (Å²) < 4.78 is 0. The van der Waals surface area contributed by atoms with Gasteiger partial charge in [-0.05, 0) is 63.1 Å². The van der Waals surface area contributed by atoms with E-state index >= 15 is 0 Å². The van der Waals surface area contributed by atoms with Gasteiger partial charge >= 0.3 is 0 Å². The molecule has 31 heavy (non-hydrogen) atoms. The third-order valence-electron chi connectivity index (χ3n) is 5.63. The Kier molecular flexibility index (Phi) is 13.1. The number of likely N-dealkylation sites (tertiary alicyclic amines) is 1. The molecule has 1 aromatic carbocycles. The second-order valence-corrected chi connectivity index (χ2v) is 9.01. The molecule has 1 saturated heterocycles. The summed E-state index contributed by atoms with van der Waals surface area (Å²) >= 11 is 0. The molecule has 0 saturated carbocycles. The van der Waals surface area contributed by atoms with Gasteiger partial charge in [0, 0.05) is 25.7 Å². The van der Waals surface area contributed by atoms with Crippen molar-refractivity contribution in [3.8, 4) is 0 Å². The highest BCUT2D eigenvalue weighted by molar-refractivity contribution is 14.0. The van der Waals surface area contributed by atoms with E-state index in [9.17, 15) is 4.79 Å². The van der Waals surface area contributed by atoms with Gasteiger partial charge in [-0.25, -0.2) is 4.99 Å². The zero-order valence-corrected chi connectivity index (χ0v) is 22.0. The molecule has 0 aromatic heterocycles. The molecule has 2 atom stereocenters. The molecule has 2 rings (SSSR count). The van der Waals surface area contributed by atoms with Crippen LogP contribution in [0.3, 0.4) is 0 Å². The summed E-state index contributed by atoms with van der Waals surface area (Å²) in [6, 6.07) is 9.00. The first-order valence-electron chi connectivity index (χ1n) is 11.5. The molecule has 176 valence electrons. The van der Waals surface area contributed by atoms with Crippen LogP contribution in [0.25, 0.3) is 0 Å². The molecule has 7 heteroatoms. The number of hydrogen-bond donors (Lipinski definition) is 3. The van der Waals surface area contributed by atoms with Gasteiger partial charge in [0.2, 0.25) is 5.91 Å². The maximum Gasteiger partial charge on any atom is 0.221 e. The van der Waals surface area contributed by atoms with Crippen LogP contribution < -0.4 is 16.4 Å². The third kappa shape index (κ3) is 10.7. The Morgan fingerprint density at radius 2 is 2.00 bits per heavy atom. The van der Waals surface area contributed by atoms with E-state index in [1.54, 1.807) is 0 Å². The maximum absolute atomic E-state index is 11.5. The summed E-state index contributed by atoms with van der Waals surface area (Å²) in [5.74, 6) is 1.40. The van der Waals surface area contributed by atoms with E-state index in [2.05, 4.69) is 67.5 Å². The molecule has 1 aliphatic rings. The van der Waals surface area contributed by atoms with Crippen molar-refractivity contribution in [3.63, 3.8) is 0 Å². The van der Waals surface area contributed by atoms with Crippen molar-refractivity contribution in [1.82, 2.24) is 15.5 Å². The van der Waals surface area contributed by atoms with Crippen molar-refractivity contribution in [2.45, 2.75) is 72.5 Å². The molecule has 0 aliphatic carbocycles. The van der Waals surface area contributed by atoms with Gasteiger partial charge in [-0.15, -0.1) is 24.0 Å². The number of carbonyl (C=O) groups excluding carboxylic acids is 1. The van der Waals surface area contributed by atoms with Crippen molar-refractivity contribution in [2.75, 3.05) is 19.6 Å². The van der Waals surface area contributed by atoms with E-state index in [0.29, 0.717) is 12.6 Å². The van der Waals surface area contributed by atoms with E-state index in [1.807, 2.05) is 0 Å². The van der Waals surface area contributed by atoms with Gasteiger partial charge < -0.3 is 16.4 Å². The molecule has 1 amide bonds. The predicted octanol–water partition coefficient (Wildman–Crippen LogP) is 3.88. The van der Waals surface area contributed by atoms with Crippen molar-refractivity contribution in [1.29, 1.82) is 0 Å². The van der Waals surface area contributed by atoms with Crippen LogP contribution in [0, 0.1) is 11.8 Å². The Bertz CT molecular complexity index is 694. The number of guanidine groups is 1. The Hall–Kier alpha value is -1.35. The van der Waals surface area contributed by atoms with Crippen LogP contribution in [0.4, 0.5) is 0 Å². The first kappa shape index (κ1) is 27.7. The first-order valence-corrected chi connectivity index (χ1v) is 11.5. The highest BCUT2D eigenvalue weighted by Gasteiger charge is 2.23. The van der Waals surface area contributed by atoms with Crippen molar-refractivity contribution < 1.29 is 4.79 Å². The zero-order chi connectivity index (χ0) is 21.9. The average molecular weight is 544 g/mol. The topological polar surface area (TPSA) is 82.8 Å². The van der Waals surface area contributed by atoms with E-state index in [-0.39, 0.29) is 35.8 Å². The summed E-state index contributed by atoms with van der Waals surface area (Å²) in [6.45, 7) is 13.0. The second-order valence-electron chi connectivity index (χ2n) is 9.01. The Morgan fingerprint density at radius 3 is 2.68 bits per heavy atom. The Balaban J connectivity index is 0.00000480. The van der Waals surface area contributed by atoms with Crippen LogP contribution in [0.5, 0.6) is 0 Å². The monoisotopic (exact) mass is 543 g/mol. The first-order chi connectivity index (χ1) is 14.4. The summed E-state index contributed by atoms with van der Waals surface area (Å²) in [6.07, 6.45) is 4.29. The van der Waals surface area contributed by atoms with E-state index in [0.717, 1.165) is 57.3 Å². The van der Waals surface area contributed by atoms with Gasteiger partial charge in [-0.1, -0.05) is 38.1 Å². The second kappa shape index (κ2) is 14.7. The lowest BCUT2D eigenvalue weighted by atomic mass is 9.97. The normalized spacial score (nSPS) is 18.4. The smallest absolute Gasteiger partial charge is 0.221 e. The fourth-order valence-electron chi connectivity index (χ4n) is 3.90. The van der Waals surface area contributed by atoms with Gasteiger partial charge in [0.05, 0.1) is 12.5 Å². The molecular formula is C24H42IN5O. The van der Waals surface area contributed by atoms with Crippen molar-refractivity contribution in [2.24, 2.45) is 22.6 Å². The molecule has 1 aliphatic heterocycles. The lowest BCUT2D eigenvalue weighted by molar-refractivity contribution is -0.123. The van der Waals surface area contributed by atoms with Crippen molar-refractivity contribution in [3.05, 3.63) is 35.4 Å². The zero-order valence-electron chi connectivity index (χ0n) is 19.7. The van der Waals surface area contributed by atoms with Gasteiger partial charge in [0.1, 0.15) is 0 Å². The molecule has 2 unspecified atom stereocenters. The number of primary amides is 1. The van der Waals surface area contributed by atoms with Crippen LogP contribution in [0.15, 0.2) is 29.3 Å². The molecule has 6 nitrogen and oxygen atoms in total. The van der Waals surface area contributed by atoms with Crippen LogP contribution in [-0.4, -0.2) is 42.4 Å². The summed E-state index contributed by atoms with van der Waals surface area (Å²) in [5.41, 5.74) is 7.97. The minimum absolute atomic E-state index is 0. The van der Waals surface area contributed by atoms with Gasteiger partial charge in [0.15, 0.2) is 5.96 Å². The number of hydrogen-bond acceptors (Lipinski definition) is 3. The number of piperidine rings is 1. The van der Waals surface area contributed by atoms with Crippen LogP contribution >= 0.6 is 24.0 Å². The molecule has 1 aromatic rings. The van der Waals surface area contributed by atoms with Crippen LogP contribution in [0.1, 0.15) is 64.5 Å². The van der Waals surface area contributed by atoms with Crippen molar-refractivity contribution >= 4 is 35.8 Å². The highest BCUT2D eigenvalue weighted by atomic mass is 127. The van der Waals surface area contributed by atoms with E-state index < -0.39 is 0 Å². The molecule has 1 heterocycles. The molecule has 0 radical (unpaired) electrons. The molecular weight excluding hydrogens is 501 g/mol.